The summed E-state index contributed by atoms with van der Waals surface area (Å²) >= 11 is 6.36. The molecule has 1 aromatic carbocycles. The molecule has 0 radical (unpaired) electrons. The Morgan fingerprint density at radius 3 is 2.67 bits per heavy atom. The maximum atomic E-state index is 6.36. The van der Waals surface area contributed by atoms with Gasteiger partial charge in [0.1, 0.15) is 12.4 Å². The molecule has 0 aliphatic carbocycles. The van der Waals surface area contributed by atoms with E-state index in [2.05, 4.69) is 24.3 Å². The van der Waals surface area contributed by atoms with Gasteiger partial charge >= 0.3 is 0 Å². The molecule has 1 aromatic heterocycles. The van der Waals surface area contributed by atoms with Crippen LogP contribution in [-0.2, 0) is 19.5 Å². The number of halogens is 1. The Labute approximate surface area is 131 Å². The number of benzene rings is 1. The highest BCUT2D eigenvalue weighted by atomic mass is 35.5. The summed E-state index contributed by atoms with van der Waals surface area (Å²) in [4.78, 5) is 0. The Kier molecular flexibility index (Phi) is 6.08. The predicted molar refractivity (Wildman–Crippen MR) is 85.9 cm³/mol. The summed E-state index contributed by atoms with van der Waals surface area (Å²) in [5, 5.41) is 8.65. The summed E-state index contributed by atoms with van der Waals surface area (Å²) in [6, 6.07) is 9.82. The van der Waals surface area contributed by atoms with Gasteiger partial charge in [0, 0.05) is 19.6 Å². The van der Waals surface area contributed by atoms with Crippen LogP contribution >= 0.6 is 11.6 Å². The number of para-hydroxylation sites is 1. The van der Waals surface area contributed by atoms with Crippen LogP contribution in [0.5, 0.6) is 5.75 Å². The van der Waals surface area contributed by atoms with Gasteiger partial charge < -0.3 is 10.1 Å². The van der Waals surface area contributed by atoms with Crippen molar-refractivity contribution >= 4 is 11.6 Å². The first-order valence-corrected chi connectivity index (χ1v) is 7.76. The molecule has 2 aromatic rings. The second-order valence-corrected chi connectivity index (χ2v) is 5.09. The molecular weight excluding hydrogens is 286 g/mol. The number of aryl methyl sites for hydroxylation is 2. The molecule has 2 rings (SSSR count). The molecule has 0 atom stereocenters. The smallest absolute Gasteiger partial charge is 0.119 e. The zero-order chi connectivity index (χ0) is 15.1. The van der Waals surface area contributed by atoms with E-state index < -0.39 is 0 Å². The minimum atomic E-state index is 0.628. The fraction of sp³-hybridized carbons (Fsp3) is 0.438. The Balaban J connectivity index is 1.79. The minimum absolute atomic E-state index is 0.628. The summed E-state index contributed by atoms with van der Waals surface area (Å²) < 4.78 is 7.60. The summed E-state index contributed by atoms with van der Waals surface area (Å²) in [7, 11) is 0. The molecule has 4 nitrogen and oxygen atoms in total. The van der Waals surface area contributed by atoms with Crippen LogP contribution in [0.15, 0.2) is 30.3 Å². The van der Waals surface area contributed by atoms with Crippen LogP contribution in [0.4, 0.5) is 0 Å². The third-order valence-electron chi connectivity index (χ3n) is 3.28. The van der Waals surface area contributed by atoms with E-state index >= 15 is 0 Å². The number of nitrogens with zero attached hydrogens (tertiary/aromatic N) is 2. The van der Waals surface area contributed by atoms with Crippen molar-refractivity contribution < 1.29 is 4.74 Å². The van der Waals surface area contributed by atoms with Crippen molar-refractivity contribution in [1.29, 1.82) is 0 Å². The zero-order valence-electron chi connectivity index (χ0n) is 12.6. The Bertz CT molecular complexity index is 554. The van der Waals surface area contributed by atoms with Gasteiger partial charge in [0.2, 0.25) is 0 Å². The molecule has 0 bridgehead atoms. The van der Waals surface area contributed by atoms with E-state index in [-0.39, 0.29) is 0 Å². The topological polar surface area (TPSA) is 39.1 Å². The van der Waals surface area contributed by atoms with E-state index in [4.69, 9.17) is 16.3 Å². The number of nitrogens with one attached hydrogen (secondary N) is 1. The van der Waals surface area contributed by atoms with Gasteiger partial charge in [-0.15, -0.1) is 0 Å². The quantitative estimate of drug-likeness (QED) is 0.761. The lowest BCUT2D eigenvalue weighted by Crippen LogP contribution is -2.22. The first-order chi connectivity index (χ1) is 10.3. The SMILES string of the molecule is CCc1nn(CC)c(CNCCOc2ccccc2)c1Cl. The van der Waals surface area contributed by atoms with Gasteiger partial charge in [-0.05, 0) is 25.5 Å². The molecular formula is C16H22ClN3O. The van der Waals surface area contributed by atoms with Crippen molar-refractivity contribution in [2.45, 2.75) is 33.4 Å². The van der Waals surface area contributed by atoms with Crippen molar-refractivity contribution in [3.05, 3.63) is 46.7 Å². The van der Waals surface area contributed by atoms with Crippen LogP contribution in [0, 0.1) is 0 Å². The fourth-order valence-electron chi connectivity index (χ4n) is 2.15. The standard InChI is InChI=1S/C16H22ClN3O/c1-3-14-16(17)15(20(4-2)19-14)12-18-10-11-21-13-8-6-5-7-9-13/h5-9,18H,3-4,10-12H2,1-2H3. The van der Waals surface area contributed by atoms with Crippen molar-refractivity contribution in [1.82, 2.24) is 15.1 Å². The molecule has 0 saturated heterocycles. The second-order valence-electron chi connectivity index (χ2n) is 4.71. The van der Waals surface area contributed by atoms with Crippen molar-refractivity contribution in [3.8, 4) is 5.75 Å². The van der Waals surface area contributed by atoms with Crippen molar-refractivity contribution in [2.24, 2.45) is 0 Å². The maximum Gasteiger partial charge on any atom is 0.119 e. The predicted octanol–water partition coefficient (Wildman–Crippen LogP) is 3.29. The van der Waals surface area contributed by atoms with Gasteiger partial charge in [-0.1, -0.05) is 36.7 Å². The lowest BCUT2D eigenvalue weighted by molar-refractivity contribution is 0.313. The lowest BCUT2D eigenvalue weighted by atomic mass is 10.3. The van der Waals surface area contributed by atoms with E-state index in [0.717, 1.165) is 41.7 Å². The Morgan fingerprint density at radius 2 is 2.00 bits per heavy atom. The average Bonchev–Trinajstić information content (AvgIpc) is 2.84. The maximum absolute atomic E-state index is 6.36. The van der Waals surface area contributed by atoms with E-state index in [1.807, 2.05) is 35.0 Å². The highest BCUT2D eigenvalue weighted by molar-refractivity contribution is 6.31. The molecule has 0 spiro atoms. The van der Waals surface area contributed by atoms with Gasteiger partial charge in [-0.25, -0.2) is 0 Å². The van der Waals surface area contributed by atoms with Crippen LogP contribution in [0.2, 0.25) is 5.02 Å². The van der Waals surface area contributed by atoms with Crippen LogP contribution in [0.3, 0.4) is 0 Å². The third kappa shape index (κ3) is 4.22. The Hall–Kier alpha value is -1.52. The monoisotopic (exact) mass is 307 g/mol. The largest absolute Gasteiger partial charge is 0.492 e. The molecule has 0 amide bonds. The first kappa shape index (κ1) is 15.9. The molecule has 1 N–H and O–H groups in total. The van der Waals surface area contributed by atoms with Crippen LogP contribution in [-0.4, -0.2) is 22.9 Å². The first-order valence-electron chi connectivity index (χ1n) is 7.38. The summed E-state index contributed by atoms with van der Waals surface area (Å²) in [5.41, 5.74) is 2.02. The second kappa shape index (κ2) is 8.05. The zero-order valence-corrected chi connectivity index (χ0v) is 13.4. The highest BCUT2D eigenvalue weighted by Gasteiger charge is 2.13. The van der Waals surface area contributed by atoms with Gasteiger partial charge in [0.05, 0.1) is 16.4 Å². The van der Waals surface area contributed by atoms with E-state index in [0.29, 0.717) is 13.2 Å². The normalized spacial score (nSPS) is 10.8. The number of hydrogen-bond acceptors (Lipinski definition) is 3. The van der Waals surface area contributed by atoms with Gasteiger partial charge in [0.25, 0.3) is 0 Å². The molecule has 0 fully saturated rings. The highest BCUT2D eigenvalue weighted by Crippen LogP contribution is 2.21. The minimum Gasteiger partial charge on any atom is -0.492 e. The Morgan fingerprint density at radius 1 is 1.24 bits per heavy atom. The van der Waals surface area contributed by atoms with E-state index in [1.165, 1.54) is 0 Å². The van der Waals surface area contributed by atoms with Crippen LogP contribution in [0.25, 0.3) is 0 Å². The average molecular weight is 308 g/mol. The van der Waals surface area contributed by atoms with Gasteiger partial charge in [0.15, 0.2) is 0 Å². The molecule has 0 saturated carbocycles. The van der Waals surface area contributed by atoms with E-state index in [9.17, 15) is 0 Å². The van der Waals surface area contributed by atoms with Crippen LogP contribution in [0.1, 0.15) is 25.2 Å². The fourth-order valence-corrected chi connectivity index (χ4v) is 2.49. The van der Waals surface area contributed by atoms with Gasteiger partial charge in [-0.3, -0.25) is 4.68 Å². The molecule has 0 aliphatic heterocycles. The lowest BCUT2D eigenvalue weighted by Gasteiger charge is -2.09. The number of ether oxygens (including phenoxy) is 1. The van der Waals surface area contributed by atoms with Crippen LogP contribution < -0.4 is 10.1 Å². The molecule has 114 valence electrons. The number of aromatic nitrogens is 2. The van der Waals surface area contributed by atoms with Crippen molar-refractivity contribution in [3.63, 3.8) is 0 Å². The van der Waals surface area contributed by atoms with E-state index in [1.54, 1.807) is 0 Å². The van der Waals surface area contributed by atoms with Crippen molar-refractivity contribution in [2.75, 3.05) is 13.2 Å². The molecule has 1 heterocycles. The molecule has 5 heteroatoms. The number of rotatable bonds is 8. The summed E-state index contributed by atoms with van der Waals surface area (Å²) in [5.74, 6) is 0.893. The molecule has 0 unspecified atom stereocenters. The third-order valence-corrected chi connectivity index (χ3v) is 3.71. The number of hydrogen-bond donors (Lipinski definition) is 1. The molecule has 0 aliphatic rings. The van der Waals surface area contributed by atoms with Gasteiger partial charge in [-0.2, -0.15) is 5.10 Å². The molecule has 21 heavy (non-hydrogen) atoms. The summed E-state index contributed by atoms with van der Waals surface area (Å²) in [6.45, 7) is 7.07. The summed E-state index contributed by atoms with van der Waals surface area (Å²) in [6.07, 6.45) is 0.857.